The highest BCUT2D eigenvalue weighted by Crippen LogP contribution is 1.90. The third-order valence-electron chi connectivity index (χ3n) is 0.539. The van der Waals surface area contributed by atoms with Gasteiger partial charge in [-0.2, -0.15) is 0 Å². The van der Waals surface area contributed by atoms with Crippen LogP contribution in [0.5, 0.6) is 0 Å². The fourth-order valence-electron chi connectivity index (χ4n) is 0.176. The molecule has 4 heteroatoms. The van der Waals surface area contributed by atoms with Crippen molar-refractivity contribution in [3.63, 3.8) is 0 Å². The van der Waals surface area contributed by atoms with Crippen LogP contribution in [-0.4, -0.2) is 12.0 Å². The van der Waals surface area contributed by atoms with Crippen molar-refractivity contribution < 1.29 is 14.3 Å². The second kappa shape index (κ2) is 8.33. The molecule has 0 bridgehead atoms. The van der Waals surface area contributed by atoms with E-state index in [-0.39, 0.29) is 0 Å². The molecular weight excluding hydrogens is 146 g/mol. The Labute approximate surface area is 64.7 Å². The maximum absolute atomic E-state index is 10.3. The van der Waals surface area contributed by atoms with Gasteiger partial charge in [-0.15, -0.1) is 0 Å². The molecule has 0 aliphatic heterocycles. The van der Waals surface area contributed by atoms with E-state index >= 15 is 0 Å². The molecule has 0 radical (unpaired) electrons. The number of carbonyl (C=O) groups is 1. The molecule has 0 unspecified atom stereocenters. The SMILES string of the molecule is C=COC(=O)C(=C)C.[N-]=C=O. The van der Waals surface area contributed by atoms with Crippen LogP contribution in [0.2, 0.25) is 0 Å². The summed E-state index contributed by atoms with van der Waals surface area (Å²) in [7, 11) is 0. The molecule has 4 nitrogen and oxygen atoms in total. The maximum Gasteiger partial charge on any atom is 0.337 e. The van der Waals surface area contributed by atoms with E-state index in [1.165, 1.54) is 0 Å². The minimum atomic E-state index is -0.431. The number of ether oxygens (including phenoxy) is 1. The number of nitrogens with zero attached hydrogens (tertiary/aromatic N) is 1. The van der Waals surface area contributed by atoms with E-state index in [1.807, 2.05) is 0 Å². The lowest BCUT2D eigenvalue weighted by Crippen LogP contribution is -1.98. The summed E-state index contributed by atoms with van der Waals surface area (Å²) in [5, 5.41) is 6.76. The Bertz CT molecular complexity index is 190. The normalized spacial score (nSPS) is 6.27. The van der Waals surface area contributed by atoms with Gasteiger partial charge in [-0.3, -0.25) is 4.79 Å². The number of hydrogen-bond acceptors (Lipinski definition) is 3. The van der Waals surface area contributed by atoms with Crippen molar-refractivity contribution in [2.24, 2.45) is 0 Å². The average Bonchev–Trinajstić information content (AvgIpc) is 1.90. The summed E-state index contributed by atoms with van der Waals surface area (Å²) in [6.07, 6.45) is 1.58. The van der Waals surface area contributed by atoms with Crippen molar-refractivity contribution in [1.29, 1.82) is 0 Å². The van der Waals surface area contributed by atoms with Crippen molar-refractivity contribution in [2.45, 2.75) is 6.92 Å². The van der Waals surface area contributed by atoms with Gasteiger partial charge < -0.3 is 10.1 Å². The van der Waals surface area contributed by atoms with Gasteiger partial charge in [-0.05, 0) is 13.0 Å². The Balaban J connectivity index is 0. The summed E-state index contributed by atoms with van der Waals surface area (Å²) < 4.78 is 4.33. The summed E-state index contributed by atoms with van der Waals surface area (Å²) in [5.74, 6) is -0.431. The van der Waals surface area contributed by atoms with E-state index in [0.29, 0.717) is 11.7 Å². The number of rotatable bonds is 2. The predicted octanol–water partition coefficient (Wildman–Crippen LogP) is 1.14. The van der Waals surface area contributed by atoms with Crippen molar-refractivity contribution in [2.75, 3.05) is 0 Å². The molecule has 0 rings (SSSR count). The Morgan fingerprint density at radius 3 is 2.18 bits per heavy atom. The summed E-state index contributed by atoms with van der Waals surface area (Å²) in [4.78, 5) is 18.6. The van der Waals surface area contributed by atoms with Crippen LogP contribution in [-0.2, 0) is 14.3 Å². The Morgan fingerprint density at radius 2 is 2.09 bits per heavy atom. The fourth-order valence-corrected chi connectivity index (χ4v) is 0.176. The lowest BCUT2D eigenvalue weighted by molar-refractivity contribution is -0.133. The molecule has 0 aromatic rings. The van der Waals surface area contributed by atoms with Crippen LogP contribution in [0.4, 0.5) is 0 Å². The largest absolute Gasteiger partial charge is 0.724 e. The van der Waals surface area contributed by atoms with E-state index in [9.17, 15) is 4.79 Å². The molecule has 0 amide bonds. The molecule has 0 aliphatic rings. The first-order valence-corrected chi connectivity index (χ1v) is 2.58. The summed E-state index contributed by atoms with van der Waals surface area (Å²) in [5.41, 5.74) is 0.380. The van der Waals surface area contributed by atoms with Gasteiger partial charge in [0.25, 0.3) is 0 Å². The van der Waals surface area contributed by atoms with Gasteiger partial charge >= 0.3 is 5.97 Å². The van der Waals surface area contributed by atoms with Gasteiger partial charge in [-0.1, -0.05) is 13.2 Å². The summed E-state index contributed by atoms with van der Waals surface area (Å²) in [6, 6.07) is 0. The molecule has 0 saturated carbocycles. The standard InChI is InChI=1S/C6H8O2.CNO/c1-4-8-6(7)5(2)3;2-1-3/h4H,1-2H2,3H3;/q;-1. The van der Waals surface area contributed by atoms with Crippen LogP contribution >= 0.6 is 0 Å². The number of carbonyl (C=O) groups excluding carboxylic acids is 2. The van der Waals surface area contributed by atoms with Gasteiger partial charge in [0.05, 0.1) is 6.26 Å². The molecule has 0 heterocycles. The predicted molar refractivity (Wildman–Crippen MR) is 40.2 cm³/mol. The zero-order valence-corrected chi connectivity index (χ0v) is 6.16. The second-order valence-corrected chi connectivity index (χ2v) is 1.44. The molecule has 11 heavy (non-hydrogen) atoms. The van der Waals surface area contributed by atoms with Crippen LogP contribution in [0, 0.1) is 0 Å². The number of hydrogen-bond donors (Lipinski definition) is 0. The van der Waals surface area contributed by atoms with Gasteiger partial charge in [0.1, 0.15) is 0 Å². The Hall–Kier alpha value is -1.67. The zero-order chi connectivity index (χ0) is 9.28. The maximum atomic E-state index is 10.3. The highest BCUT2D eigenvalue weighted by Gasteiger charge is 1.97. The first-order valence-electron chi connectivity index (χ1n) is 2.58. The van der Waals surface area contributed by atoms with Gasteiger partial charge in [0.15, 0.2) is 0 Å². The topological polar surface area (TPSA) is 65.7 Å². The molecule has 0 atom stereocenters. The minimum Gasteiger partial charge on any atom is -0.724 e. The molecule has 0 fully saturated rings. The van der Waals surface area contributed by atoms with Crippen molar-refractivity contribution in [1.82, 2.24) is 0 Å². The second-order valence-electron chi connectivity index (χ2n) is 1.44. The molecule has 60 valence electrons. The lowest BCUT2D eigenvalue weighted by Gasteiger charge is -1.92. The van der Waals surface area contributed by atoms with Gasteiger partial charge in [0.2, 0.25) is 0 Å². The van der Waals surface area contributed by atoms with Gasteiger partial charge in [-0.25, -0.2) is 4.79 Å². The molecule has 0 saturated heterocycles. The highest BCUT2D eigenvalue weighted by molar-refractivity contribution is 5.87. The number of isocyanates is 1. The average molecular weight is 154 g/mol. The van der Waals surface area contributed by atoms with Crippen LogP contribution in [0.1, 0.15) is 6.92 Å². The highest BCUT2D eigenvalue weighted by atomic mass is 16.5. The Kier molecular flexibility index (Phi) is 9.12. The molecule has 0 N–H and O–H groups in total. The first-order chi connectivity index (χ1) is 5.09. The van der Waals surface area contributed by atoms with Crippen LogP contribution in [0.3, 0.4) is 0 Å². The molecule has 0 aromatic carbocycles. The quantitative estimate of drug-likeness (QED) is 0.197. The third kappa shape index (κ3) is 11.7. The smallest absolute Gasteiger partial charge is 0.337 e. The van der Waals surface area contributed by atoms with E-state index in [0.717, 1.165) is 6.26 Å². The summed E-state index contributed by atoms with van der Waals surface area (Å²) in [6.45, 7) is 8.13. The third-order valence-corrected chi connectivity index (χ3v) is 0.539. The van der Waals surface area contributed by atoms with Crippen molar-refractivity contribution >= 4 is 12.0 Å². The van der Waals surface area contributed by atoms with Crippen molar-refractivity contribution in [3.8, 4) is 0 Å². The van der Waals surface area contributed by atoms with Crippen molar-refractivity contribution in [3.05, 3.63) is 30.4 Å². The monoisotopic (exact) mass is 154 g/mol. The van der Waals surface area contributed by atoms with Crippen LogP contribution < -0.4 is 0 Å². The Morgan fingerprint density at radius 1 is 1.73 bits per heavy atom. The van der Waals surface area contributed by atoms with E-state index < -0.39 is 5.97 Å². The first kappa shape index (κ1) is 12.0. The van der Waals surface area contributed by atoms with Crippen LogP contribution in [0.25, 0.3) is 5.41 Å². The van der Waals surface area contributed by atoms with Gasteiger partial charge in [0, 0.05) is 5.57 Å². The molecule has 0 aromatic heterocycles. The lowest BCUT2D eigenvalue weighted by atomic mass is 10.4. The minimum absolute atomic E-state index is 0.380. The summed E-state index contributed by atoms with van der Waals surface area (Å²) >= 11 is 0. The van der Waals surface area contributed by atoms with E-state index in [4.69, 9.17) is 10.2 Å². The number of esters is 1. The molecular formula is C7H8NO3-. The fraction of sp³-hybridized carbons (Fsp3) is 0.143. The van der Waals surface area contributed by atoms with Crippen LogP contribution in [0.15, 0.2) is 25.0 Å². The van der Waals surface area contributed by atoms with E-state index in [1.54, 1.807) is 6.92 Å². The molecule has 0 aliphatic carbocycles. The molecule has 0 spiro atoms. The van der Waals surface area contributed by atoms with E-state index in [2.05, 4.69) is 17.9 Å². The zero-order valence-electron chi connectivity index (χ0n) is 6.16.